The molecule has 21 heavy (non-hydrogen) atoms. The highest BCUT2D eigenvalue weighted by Crippen LogP contribution is 2.15. The Morgan fingerprint density at radius 1 is 1.24 bits per heavy atom. The molecule has 1 aromatic rings. The van der Waals surface area contributed by atoms with Gasteiger partial charge < -0.3 is 14.8 Å². The quantitative estimate of drug-likeness (QED) is 0.624. The molecule has 0 aliphatic carbocycles. The van der Waals surface area contributed by atoms with Crippen LogP contribution in [0.15, 0.2) is 36.1 Å². The van der Waals surface area contributed by atoms with Crippen molar-refractivity contribution in [2.24, 2.45) is 0 Å². The van der Waals surface area contributed by atoms with Crippen molar-refractivity contribution in [3.63, 3.8) is 0 Å². The average Bonchev–Trinajstić information content (AvgIpc) is 2.45. The zero-order valence-corrected chi connectivity index (χ0v) is 12.4. The first-order valence-corrected chi connectivity index (χ1v) is 6.62. The third kappa shape index (κ3) is 6.47. The Hall–Kier alpha value is -2.50. The van der Waals surface area contributed by atoms with Gasteiger partial charge in [-0.15, -0.1) is 0 Å². The number of ether oxygens (including phenoxy) is 2. The summed E-state index contributed by atoms with van der Waals surface area (Å²) in [5.74, 6) is 0.199. The number of anilines is 2. The lowest BCUT2D eigenvalue weighted by molar-refractivity contribution is -0.112. The van der Waals surface area contributed by atoms with Gasteiger partial charge in [0.25, 0.3) is 5.91 Å². The van der Waals surface area contributed by atoms with E-state index in [9.17, 15) is 9.59 Å². The fraction of sp³-hybridized carbons (Fsp3) is 0.333. The molecule has 0 bridgehead atoms. The molecule has 114 valence electrons. The van der Waals surface area contributed by atoms with Gasteiger partial charge in [0.05, 0.1) is 19.5 Å². The average molecular weight is 292 g/mol. The van der Waals surface area contributed by atoms with Gasteiger partial charge >= 0.3 is 6.09 Å². The SMILES string of the molecule is CCCOC(=O)Nc1cccc(NC(=O)C=C(C)OC)c1. The first-order chi connectivity index (χ1) is 10.0. The molecule has 0 fully saturated rings. The van der Waals surface area contributed by atoms with E-state index in [1.807, 2.05) is 6.92 Å². The van der Waals surface area contributed by atoms with E-state index >= 15 is 0 Å². The van der Waals surface area contributed by atoms with Crippen molar-refractivity contribution in [2.45, 2.75) is 20.3 Å². The fourth-order valence-electron chi connectivity index (χ4n) is 1.45. The maximum atomic E-state index is 11.7. The van der Waals surface area contributed by atoms with Crippen LogP contribution in [0.4, 0.5) is 16.2 Å². The Morgan fingerprint density at radius 2 is 1.90 bits per heavy atom. The van der Waals surface area contributed by atoms with Gasteiger partial charge in [-0.3, -0.25) is 10.1 Å². The molecule has 0 saturated heterocycles. The minimum absolute atomic E-state index is 0.306. The summed E-state index contributed by atoms with van der Waals surface area (Å²) in [6.45, 7) is 3.96. The van der Waals surface area contributed by atoms with Crippen molar-refractivity contribution in [2.75, 3.05) is 24.4 Å². The Morgan fingerprint density at radius 3 is 2.52 bits per heavy atom. The highest BCUT2D eigenvalue weighted by Gasteiger charge is 2.04. The predicted octanol–water partition coefficient (Wildman–Crippen LogP) is 3.13. The molecule has 0 heterocycles. The van der Waals surface area contributed by atoms with Gasteiger partial charge in [0.2, 0.25) is 0 Å². The number of hydrogen-bond donors (Lipinski definition) is 2. The first-order valence-electron chi connectivity index (χ1n) is 6.62. The molecule has 0 aliphatic heterocycles. The highest BCUT2D eigenvalue weighted by atomic mass is 16.5. The number of methoxy groups -OCH3 is 1. The normalized spacial score (nSPS) is 10.7. The lowest BCUT2D eigenvalue weighted by Crippen LogP contribution is -2.14. The molecule has 2 N–H and O–H groups in total. The van der Waals surface area contributed by atoms with Crippen molar-refractivity contribution < 1.29 is 19.1 Å². The van der Waals surface area contributed by atoms with Crippen LogP contribution in [0.3, 0.4) is 0 Å². The van der Waals surface area contributed by atoms with Crippen molar-refractivity contribution in [3.05, 3.63) is 36.1 Å². The minimum Gasteiger partial charge on any atom is -0.501 e. The van der Waals surface area contributed by atoms with E-state index < -0.39 is 6.09 Å². The number of rotatable bonds is 6. The zero-order chi connectivity index (χ0) is 15.7. The maximum absolute atomic E-state index is 11.7. The van der Waals surface area contributed by atoms with Gasteiger partial charge in [0.15, 0.2) is 0 Å². The van der Waals surface area contributed by atoms with Crippen molar-refractivity contribution in [1.82, 2.24) is 0 Å². The molecule has 0 aliphatic rings. The Bertz CT molecular complexity index is 526. The molecule has 0 spiro atoms. The standard InChI is InChI=1S/C15H20N2O4/c1-4-8-21-15(19)17-13-7-5-6-12(10-13)16-14(18)9-11(2)20-3/h5-7,9-10H,4,8H2,1-3H3,(H,16,18)(H,17,19). The smallest absolute Gasteiger partial charge is 0.411 e. The van der Waals surface area contributed by atoms with E-state index in [1.165, 1.54) is 13.2 Å². The third-order valence-electron chi connectivity index (χ3n) is 2.47. The van der Waals surface area contributed by atoms with Gasteiger partial charge in [-0.2, -0.15) is 0 Å². The molecule has 2 amide bonds. The minimum atomic E-state index is -0.518. The number of carbonyl (C=O) groups is 2. The molecule has 1 aromatic carbocycles. The summed E-state index contributed by atoms with van der Waals surface area (Å²) in [5, 5.41) is 5.27. The number of allylic oxidation sites excluding steroid dienone is 1. The number of benzene rings is 1. The second-order valence-electron chi connectivity index (χ2n) is 4.29. The van der Waals surface area contributed by atoms with Gasteiger partial charge in [-0.25, -0.2) is 4.79 Å². The van der Waals surface area contributed by atoms with Crippen LogP contribution in [0, 0.1) is 0 Å². The predicted molar refractivity (Wildman–Crippen MR) is 81.1 cm³/mol. The van der Waals surface area contributed by atoms with Crippen LogP contribution in [-0.4, -0.2) is 25.7 Å². The molecule has 0 unspecified atom stereocenters. The summed E-state index contributed by atoms with van der Waals surface area (Å²) < 4.78 is 9.82. The summed E-state index contributed by atoms with van der Waals surface area (Å²) in [6.07, 6.45) is 1.58. The van der Waals surface area contributed by atoms with Crippen molar-refractivity contribution >= 4 is 23.4 Å². The largest absolute Gasteiger partial charge is 0.501 e. The maximum Gasteiger partial charge on any atom is 0.411 e. The van der Waals surface area contributed by atoms with Crippen LogP contribution >= 0.6 is 0 Å². The fourth-order valence-corrected chi connectivity index (χ4v) is 1.45. The molecule has 0 aromatic heterocycles. The van der Waals surface area contributed by atoms with Crippen LogP contribution in [0.25, 0.3) is 0 Å². The van der Waals surface area contributed by atoms with Gasteiger partial charge in [-0.1, -0.05) is 13.0 Å². The Labute approximate surface area is 124 Å². The van der Waals surface area contributed by atoms with E-state index in [0.29, 0.717) is 23.7 Å². The molecule has 6 nitrogen and oxygen atoms in total. The van der Waals surface area contributed by atoms with E-state index in [1.54, 1.807) is 31.2 Å². The summed E-state index contributed by atoms with van der Waals surface area (Å²) in [6, 6.07) is 6.79. The Kier molecular flexibility index (Phi) is 6.80. The monoisotopic (exact) mass is 292 g/mol. The lowest BCUT2D eigenvalue weighted by Gasteiger charge is -2.08. The summed E-state index contributed by atoms with van der Waals surface area (Å²) >= 11 is 0. The van der Waals surface area contributed by atoms with Gasteiger partial charge in [0.1, 0.15) is 0 Å². The second-order valence-corrected chi connectivity index (χ2v) is 4.29. The number of hydrogen-bond acceptors (Lipinski definition) is 4. The molecular weight excluding hydrogens is 272 g/mol. The zero-order valence-electron chi connectivity index (χ0n) is 12.4. The first kappa shape index (κ1) is 16.6. The molecule has 0 atom stereocenters. The summed E-state index contributed by atoms with van der Waals surface area (Å²) in [5.41, 5.74) is 1.11. The van der Waals surface area contributed by atoms with Crippen LogP contribution in [0.2, 0.25) is 0 Å². The molecular formula is C15H20N2O4. The van der Waals surface area contributed by atoms with Gasteiger partial charge in [0, 0.05) is 17.5 Å². The van der Waals surface area contributed by atoms with Crippen LogP contribution < -0.4 is 10.6 Å². The van der Waals surface area contributed by atoms with E-state index in [4.69, 9.17) is 9.47 Å². The molecule has 1 rings (SSSR count). The number of amides is 2. The third-order valence-corrected chi connectivity index (χ3v) is 2.47. The topological polar surface area (TPSA) is 76.7 Å². The van der Waals surface area contributed by atoms with Crippen LogP contribution in [-0.2, 0) is 14.3 Å². The summed E-state index contributed by atoms with van der Waals surface area (Å²) in [4.78, 5) is 23.1. The highest BCUT2D eigenvalue weighted by molar-refractivity contribution is 6.00. The van der Waals surface area contributed by atoms with Crippen molar-refractivity contribution in [1.29, 1.82) is 0 Å². The van der Waals surface area contributed by atoms with E-state index in [-0.39, 0.29) is 5.91 Å². The second kappa shape index (κ2) is 8.63. The van der Waals surface area contributed by atoms with E-state index in [0.717, 1.165) is 6.42 Å². The van der Waals surface area contributed by atoms with Crippen LogP contribution in [0.5, 0.6) is 0 Å². The molecule has 0 radical (unpaired) electrons. The Balaban J connectivity index is 2.64. The number of nitrogens with one attached hydrogen (secondary N) is 2. The number of carbonyl (C=O) groups excluding carboxylic acids is 2. The molecule has 6 heteroatoms. The lowest BCUT2D eigenvalue weighted by atomic mass is 10.2. The van der Waals surface area contributed by atoms with Crippen LogP contribution in [0.1, 0.15) is 20.3 Å². The summed E-state index contributed by atoms with van der Waals surface area (Å²) in [7, 11) is 1.49. The van der Waals surface area contributed by atoms with Gasteiger partial charge in [-0.05, 0) is 31.5 Å². The van der Waals surface area contributed by atoms with E-state index in [2.05, 4.69) is 10.6 Å². The van der Waals surface area contributed by atoms with Crippen molar-refractivity contribution in [3.8, 4) is 0 Å². The molecule has 0 saturated carbocycles.